The Bertz CT molecular complexity index is 2020. The summed E-state index contributed by atoms with van der Waals surface area (Å²) in [6, 6.07) is 3.40. The van der Waals surface area contributed by atoms with Crippen molar-refractivity contribution < 1.29 is 19.4 Å². The second kappa shape index (κ2) is 11.5. The summed E-state index contributed by atoms with van der Waals surface area (Å²) in [5.74, 6) is 0.447. The average molecular weight is 669 g/mol. The maximum atomic E-state index is 14.3. The lowest BCUT2D eigenvalue weighted by molar-refractivity contribution is -0.208. The molecule has 5 fully saturated rings. The topological polar surface area (TPSA) is 173 Å². The van der Waals surface area contributed by atoms with Crippen LogP contribution in [0.25, 0.3) is 16.9 Å². The summed E-state index contributed by atoms with van der Waals surface area (Å²) < 4.78 is 7.12. The van der Waals surface area contributed by atoms with Crippen molar-refractivity contribution in [3.63, 3.8) is 0 Å². The van der Waals surface area contributed by atoms with Crippen LogP contribution in [-0.4, -0.2) is 95.2 Å². The Morgan fingerprint density at radius 3 is 2.51 bits per heavy atom. The number of nitrogens with one attached hydrogen (secondary N) is 1. The van der Waals surface area contributed by atoms with Gasteiger partial charge >= 0.3 is 0 Å². The largest absolute Gasteiger partial charge is 0.504 e. The van der Waals surface area contributed by atoms with Crippen LogP contribution in [0.4, 0.5) is 5.69 Å². The summed E-state index contributed by atoms with van der Waals surface area (Å²) >= 11 is 0. The molecule has 2 N–H and O–H groups in total. The Balaban J connectivity index is 1.11. The van der Waals surface area contributed by atoms with Gasteiger partial charge in [-0.2, -0.15) is 0 Å². The van der Waals surface area contributed by atoms with Gasteiger partial charge < -0.3 is 29.5 Å². The molecule has 5 aliphatic rings. The molecule has 0 aromatic carbocycles. The normalized spacial score (nSPS) is 23.1. The van der Waals surface area contributed by atoms with Crippen LogP contribution in [0.1, 0.15) is 67.3 Å². The number of aromatic nitrogens is 7. The number of hydrogen-bond donors (Lipinski definition) is 2. The number of nitrogens with zero attached hydrogens (tertiary/aromatic N) is 9. The zero-order chi connectivity index (χ0) is 34.1. The highest BCUT2D eigenvalue weighted by Crippen LogP contribution is 2.73. The van der Waals surface area contributed by atoms with E-state index in [0.717, 1.165) is 25.2 Å². The van der Waals surface area contributed by atoms with Gasteiger partial charge in [-0.05, 0) is 62.8 Å². The Hall–Kier alpha value is -5.08. The molecule has 15 nitrogen and oxygen atoms in total. The van der Waals surface area contributed by atoms with E-state index in [4.69, 9.17) is 9.84 Å². The monoisotopic (exact) mass is 668 g/mol. The Labute approximate surface area is 282 Å². The third-order valence-electron chi connectivity index (χ3n) is 11.2. The number of ether oxygens (including phenoxy) is 1. The molecule has 1 aliphatic heterocycles. The van der Waals surface area contributed by atoms with Crippen molar-refractivity contribution in [2.75, 3.05) is 38.2 Å². The van der Waals surface area contributed by atoms with Crippen molar-refractivity contribution in [2.24, 2.45) is 11.3 Å². The molecule has 9 rings (SSSR count). The number of piperazine rings is 1. The quantitative estimate of drug-likeness (QED) is 0.268. The van der Waals surface area contributed by atoms with E-state index in [1.807, 2.05) is 16.4 Å². The molecule has 0 unspecified atom stereocenters. The number of aromatic hydroxyl groups is 1. The van der Waals surface area contributed by atoms with Crippen LogP contribution in [0.2, 0.25) is 0 Å². The highest BCUT2D eigenvalue weighted by atomic mass is 16.5. The maximum absolute atomic E-state index is 14.3. The van der Waals surface area contributed by atoms with Gasteiger partial charge in [-0.3, -0.25) is 14.4 Å². The first-order valence-electron chi connectivity index (χ1n) is 17.0. The van der Waals surface area contributed by atoms with Gasteiger partial charge in [0.15, 0.2) is 22.6 Å². The summed E-state index contributed by atoms with van der Waals surface area (Å²) in [5.41, 5.74) is 2.46. The van der Waals surface area contributed by atoms with Crippen LogP contribution in [0.15, 0.2) is 29.5 Å². The van der Waals surface area contributed by atoms with E-state index in [0.29, 0.717) is 72.3 Å². The van der Waals surface area contributed by atoms with Crippen LogP contribution in [0.5, 0.6) is 11.6 Å². The van der Waals surface area contributed by atoms with Crippen LogP contribution in [0.3, 0.4) is 0 Å². The van der Waals surface area contributed by atoms with Gasteiger partial charge in [0.05, 0.1) is 18.5 Å². The molecule has 1 saturated heterocycles. The lowest BCUT2D eigenvalue weighted by atomic mass is 9.33. The average Bonchev–Trinajstić information content (AvgIpc) is 3.51. The van der Waals surface area contributed by atoms with E-state index < -0.39 is 5.91 Å². The molecule has 5 heterocycles. The number of rotatable bonds is 9. The van der Waals surface area contributed by atoms with Crippen LogP contribution >= 0.6 is 0 Å². The molecule has 2 bridgehead atoms. The molecule has 2 amide bonds. The summed E-state index contributed by atoms with van der Waals surface area (Å²) in [5, 5.41) is 23.1. The molecule has 49 heavy (non-hydrogen) atoms. The van der Waals surface area contributed by atoms with Crippen molar-refractivity contribution in [2.45, 2.75) is 70.9 Å². The van der Waals surface area contributed by atoms with E-state index in [1.165, 1.54) is 37.5 Å². The van der Waals surface area contributed by atoms with Gasteiger partial charge in [0.1, 0.15) is 18.6 Å². The number of fused-ring (bicyclic) bond motifs is 1. The first-order chi connectivity index (χ1) is 23.6. The van der Waals surface area contributed by atoms with Crippen LogP contribution < -0.4 is 20.4 Å². The molecular weight excluding hydrogens is 628 g/mol. The minimum Gasteiger partial charge on any atom is -0.504 e. The molecule has 256 valence electrons. The number of pyridine rings is 2. The van der Waals surface area contributed by atoms with E-state index in [2.05, 4.69) is 25.4 Å². The Morgan fingerprint density at radius 2 is 1.84 bits per heavy atom. The smallest absolute Gasteiger partial charge is 0.276 e. The highest BCUT2D eigenvalue weighted by molar-refractivity contribution is 5.95. The molecule has 4 aromatic rings. The number of hydrogen-bond acceptors (Lipinski definition) is 11. The molecule has 0 radical (unpaired) electrons. The predicted molar refractivity (Wildman–Crippen MR) is 178 cm³/mol. The zero-order valence-corrected chi connectivity index (χ0v) is 28.0. The summed E-state index contributed by atoms with van der Waals surface area (Å²) in [6.07, 6.45) is 10.4. The molecule has 0 spiro atoms. The third kappa shape index (κ3) is 5.00. The Morgan fingerprint density at radius 1 is 1.08 bits per heavy atom. The van der Waals surface area contributed by atoms with Crippen molar-refractivity contribution >= 4 is 28.7 Å². The van der Waals surface area contributed by atoms with Crippen molar-refractivity contribution in [3.8, 4) is 17.3 Å². The first-order valence-corrected chi connectivity index (χ1v) is 17.0. The number of amides is 2. The number of aryl methyl sites for hydroxylation is 1. The van der Waals surface area contributed by atoms with Gasteiger partial charge in [0.2, 0.25) is 17.2 Å². The first kappa shape index (κ1) is 31.2. The highest BCUT2D eigenvalue weighted by Gasteiger charge is 2.71. The number of methoxy groups -OCH3 is 1. The van der Waals surface area contributed by atoms with Gasteiger partial charge in [0, 0.05) is 49.7 Å². The maximum Gasteiger partial charge on any atom is 0.276 e. The lowest BCUT2D eigenvalue weighted by Crippen LogP contribution is -2.77. The second-order valence-electron chi connectivity index (χ2n) is 14.1. The summed E-state index contributed by atoms with van der Waals surface area (Å²) in [7, 11) is 1.52. The van der Waals surface area contributed by atoms with Gasteiger partial charge in [0.25, 0.3) is 5.91 Å². The summed E-state index contributed by atoms with van der Waals surface area (Å²) in [6.45, 7) is 4.89. The number of anilines is 1. The molecule has 4 saturated carbocycles. The fraction of sp³-hybridized carbons (Fsp3) is 0.529. The van der Waals surface area contributed by atoms with Crippen LogP contribution in [-0.2, 0) is 17.8 Å². The fourth-order valence-corrected chi connectivity index (χ4v) is 8.57. The summed E-state index contributed by atoms with van der Waals surface area (Å²) in [4.78, 5) is 58.5. The molecule has 0 atom stereocenters. The minimum absolute atomic E-state index is 0.00567. The fourth-order valence-electron chi connectivity index (χ4n) is 8.57. The molecule has 15 heteroatoms. The van der Waals surface area contributed by atoms with Gasteiger partial charge in [-0.1, -0.05) is 13.3 Å². The SMILES string of the molecule is CCc1c(N2CCN(C(=O)c3ncnc(C)c3O)CC2)c(=O)c2nn(-c3ccnc(OC)c3)nc2n1CC(=O)NC12CC(C3CCC3)(C1)C2. The van der Waals surface area contributed by atoms with Crippen LogP contribution in [0, 0.1) is 18.3 Å². The molecule has 4 aliphatic carbocycles. The number of carbonyl (C=O) groups is 2. The Kier molecular flexibility index (Phi) is 7.33. The number of carbonyl (C=O) groups excluding carboxylic acids is 2. The van der Waals surface area contributed by atoms with Gasteiger partial charge in [-0.15, -0.1) is 15.0 Å². The minimum atomic E-state index is -0.397. The van der Waals surface area contributed by atoms with E-state index in [9.17, 15) is 19.5 Å². The molecular formula is C34H40N10O5. The van der Waals surface area contributed by atoms with E-state index in [1.54, 1.807) is 30.2 Å². The third-order valence-corrected chi connectivity index (χ3v) is 11.2. The molecule has 4 aromatic heterocycles. The predicted octanol–water partition coefficient (Wildman–Crippen LogP) is 2.15. The van der Waals surface area contributed by atoms with E-state index in [-0.39, 0.29) is 40.4 Å². The van der Waals surface area contributed by atoms with Crippen molar-refractivity contribution in [3.05, 3.63) is 52.0 Å². The second-order valence-corrected chi connectivity index (χ2v) is 14.1. The lowest BCUT2D eigenvalue weighted by Gasteiger charge is -2.74. The van der Waals surface area contributed by atoms with E-state index >= 15 is 0 Å². The van der Waals surface area contributed by atoms with Crippen molar-refractivity contribution in [1.82, 2.24) is 44.7 Å². The van der Waals surface area contributed by atoms with Crippen molar-refractivity contribution in [1.29, 1.82) is 0 Å². The standard InChI is InChI=1S/C34H40N10O5/c1-4-23-28(41-10-12-42(13-11-41)32(48)27-29(46)20(2)36-19-37-27)30(47)26-31(40-44(39-26)22-8-9-35-25(14-22)49-3)43(23)15-24(45)38-34-16-33(17-34,18-34)21-6-5-7-21/h8-9,14,19,21,46H,4-7,10-13,15-18H2,1-3H3,(H,38,45). The zero-order valence-electron chi connectivity index (χ0n) is 28.0. The van der Waals surface area contributed by atoms with Gasteiger partial charge in [-0.25, -0.2) is 15.0 Å².